The van der Waals surface area contributed by atoms with Crippen LogP contribution in [0.25, 0.3) is 0 Å². The van der Waals surface area contributed by atoms with Gasteiger partial charge in [-0.1, -0.05) is 220 Å². The molecule has 0 rings (SSSR count). The van der Waals surface area contributed by atoms with Gasteiger partial charge in [-0.05, 0) is 32.6 Å². The van der Waals surface area contributed by atoms with Gasteiger partial charge in [0.05, 0.1) is 0 Å². The van der Waals surface area contributed by atoms with Gasteiger partial charge in [0.25, 0.3) is 0 Å². The Bertz CT molecular complexity index is 654. The predicted molar refractivity (Wildman–Crippen MR) is 219 cm³/mol. The Morgan fingerprint density at radius 2 is 0.537 bits per heavy atom. The molecule has 10 heteroatoms. The third kappa shape index (κ3) is 88.9. The predicted octanol–water partition coefficient (Wildman–Crippen LogP) is 12.3. The van der Waals surface area contributed by atoms with Crippen molar-refractivity contribution in [3.63, 3.8) is 0 Å². The van der Waals surface area contributed by atoms with E-state index in [1.165, 1.54) is 180 Å². The zero-order valence-electron chi connectivity index (χ0n) is 35.3. The Labute approximate surface area is 366 Å². The monoisotopic (exact) mass is 896 g/mol. The average molecular weight is 898 g/mol. The largest absolute Gasteiger partial charge is 2.00 e. The van der Waals surface area contributed by atoms with E-state index < -0.39 is 17.9 Å². The number of halogens is 2. The molecule has 54 heavy (non-hydrogen) atoms. The minimum Gasteiger partial charge on any atom is -0.550 e. The smallest absolute Gasteiger partial charge is 0.550 e. The molecule has 0 aliphatic carbocycles. The number of hydrogen-bond donors (Lipinski definition) is 0. The summed E-state index contributed by atoms with van der Waals surface area (Å²) in [5.74, 6) is -2.89. The van der Waals surface area contributed by atoms with Crippen LogP contribution in [0.4, 0.5) is 0 Å². The second kappa shape index (κ2) is 62.2. The molecule has 0 atom stereocenters. The van der Waals surface area contributed by atoms with Crippen molar-refractivity contribution in [1.29, 1.82) is 0 Å². The number of carbonyl (C=O) groups excluding carboxylic acids is 3. The fraction of sp³-hybridized carbons (Fsp3) is 0.909. The van der Waals surface area contributed by atoms with Crippen LogP contribution in [0.1, 0.15) is 259 Å². The summed E-state index contributed by atoms with van der Waals surface area (Å²) >= 11 is 10.8. The SMILES string of the molecule is CC(=O)[O-].CCCCCCCCCCCCCCCCCC(=O)[O-].CCCCCCCCCCCCCCCCCC(=O)[O-].CCCCC[C-](Cl)Cl.[Co+2].[Co+2]. The molecule has 2 radical (unpaired) electrons. The molecule has 0 aliphatic rings. The third-order valence-corrected chi connectivity index (χ3v) is 9.32. The number of carbonyl (C=O) groups is 3. The second-order valence-corrected chi connectivity index (χ2v) is 15.5. The van der Waals surface area contributed by atoms with Gasteiger partial charge in [0, 0.05) is 17.9 Å². The van der Waals surface area contributed by atoms with Crippen molar-refractivity contribution in [2.24, 2.45) is 0 Å². The van der Waals surface area contributed by atoms with Crippen LogP contribution in [0.3, 0.4) is 0 Å². The normalized spacial score (nSPS) is 10.1. The van der Waals surface area contributed by atoms with Gasteiger partial charge in [-0.3, -0.25) is 0 Å². The van der Waals surface area contributed by atoms with Crippen molar-refractivity contribution in [2.75, 3.05) is 0 Å². The second-order valence-electron chi connectivity index (χ2n) is 14.4. The van der Waals surface area contributed by atoms with Gasteiger partial charge < -0.3 is 52.9 Å². The summed E-state index contributed by atoms with van der Waals surface area (Å²) in [6.07, 6.45) is 44.1. The number of carboxylic acids is 3. The first kappa shape index (κ1) is 65.8. The van der Waals surface area contributed by atoms with Crippen molar-refractivity contribution in [1.82, 2.24) is 0 Å². The van der Waals surface area contributed by atoms with E-state index >= 15 is 0 Å². The summed E-state index contributed by atoms with van der Waals surface area (Å²) in [5, 5.41) is 29.3. The number of rotatable bonds is 36. The van der Waals surface area contributed by atoms with E-state index in [1.807, 2.05) is 0 Å². The maximum Gasteiger partial charge on any atom is 2.00 e. The van der Waals surface area contributed by atoms with E-state index in [0.717, 1.165) is 45.4 Å². The fourth-order valence-electron chi connectivity index (χ4n) is 5.79. The van der Waals surface area contributed by atoms with E-state index in [9.17, 15) is 19.8 Å². The van der Waals surface area contributed by atoms with Crippen LogP contribution in [0, 0.1) is 4.84 Å². The number of aliphatic carboxylic acids is 3. The van der Waals surface area contributed by atoms with Crippen molar-refractivity contribution < 1.29 is 63.3 Å². The molecule has 0 bridgehead atoms. The Hall–Kier alpha value is 0.00299. The molecule has 6 nitrogen and oxygen atoms in total. The molecule has 0 aromatic heterocycles. The van der Waals surface area contributed by atoms with Gasteiger partial charge in [-0.2, -0.15) is 6.42 Å². The van der Waals surface area contributed by atoms with E-state index in [1.54, 1.807) is 0 Å². The van der Waals surface area contributed by atoms with E-state index in [2.05, 4.69) is 20.8 Å². The summed E-state index contributed by atoms with van der Waals surface area (Å²) in [7, 11) is 0. The number of unbranched alkanes of at least 4 members (excludes halogenated alkanes) is 30. The first-order valence-electron chi connectivity index (χ1n) is 21.8. The molecule has 0 amide bonds. The van der Waals surface area contributed by atoms with Crippen LogP contribution >= 0.6 is 23.2 Å². The van der Waals surface area contributed by atoms with Gasteiger partial charge in [0.15, 0.2) is 0 Å². The number of hydrogen-bond acceptors (Lipinski definition) is 6. The molecule has 0 fully saturated rings. The fourth-order valence-corrected chi connectivity index (χ4v) is 6.06. The van der Waals surface area contributed by atoms with Crippen LogP contribution in [0.2, 0.25) is 0 Å². The molecular formula is C44H84Cl2Co2O6. The van der Waals surface area contributed by atoms with E-state index in [0.29, 0.717) is 4.84 Å². The minimum absolute atomic E-state index is 0. The summed E-state index contributed by atoms with van der Waals surface area (Å²) in [5.41, 5.74) is 0. The molecule has 0 unspecified atom stereocenters. The quantitative estimate of drug-likeness (QED) is 0.0456. The standard InChI is InChI=1S/2C18H36O2.C6H11Cl2.C2H4O2.2Co/c2*1-2-3-4-5-6-7-8-9-10-11-12-13-14-15-16-17-18(19)20;1-2-3-4-5-6(7)8;1-2(3)4;;/h2*2-17H2,1H3,(H,19,20);2-5H2,1H3;1H3,(H,3,4);;/q;;-1;;2*+2/p-3. The van der Waals surface area contributed by atoms with Gasteiger partial charge in [-0.25, -0.2) is 0 Å². The third-order valence-electron chi connectivity index (χ3n) is 8.94. The molecule has 0 aromatic rings. The topological polar surface area (TPSA) is 120 Å². The van der Waals surface area contributed by atoms with Crippen molar-refractivity contribution in [3.8, 4) is 0 Å². The van der Waals surface area contributed by atoms with Crippen LogP contribution < -0.4 is 15.3 Å². The molecule has 328 valence electrons. The number of carboxylic acid groups (broad SMARTS) is 3. The van der Waals surface area contributed by atoms with Gasteiger partial charge in [-0.15, -0.1) is 4.84 Å². The van der Waals surface area contributed by atoms with Crippen LogP contribution in [-0.2, 0) is 47.9 Å². The molecule has 0 heterocycles. The Morgan fingerprint density at radius 3 is 0.704 bits per heavy atom. The first-order chi connectivity index (χ1) is 25.0. The van der Waals surface area contributed by atoms with Gasteiger partial charge in [0.1, 0.15) is 0 Å². The summed E-state index contributed by atoms with van der Waals surface area (Å²) in [6.45, 7) is 7.66. The van der Waals surface area contributed by atoms with Gasteiger partial charge in [0.2, 0.25) is 0 Å². The maximum absolute atomic E-state index is 10.2. The van der Waals surface area contributed by atoms with Crippen LogP contribution in [0.15, 0.2) is 0 Å². The molecular weight excluding hydrogens is 813 g/mol. The summed E-state index contributed by atoms with van der Waals surface area (Å²) < 4.78 is 0. The molecule has 0 aromatic carbocycles. The van der Waals surface area contributed by atoms with Crippen molar-refractivity contribution in [3.05, 3.63) is 4.84 Å². The molecule has 0 N–H and O–H groups in total. The zero-order chi connectivity index (χ0) is 39.8. The van der Waals surface area contributed by atoms with Crippen molar-refractivity contribution in [2.45, 2.75) is 259 Å². The Morgan fingerprint density at radius 1 is 0.370 bits per heavy atom. The average Bonchev–Trinajstić information content (AvgIpc) is 3.08. The maximum atomic E-state index is 10.2. The zero-order valence-corrected chi connectivity index (χ0v) is 38.9. The molecule has 0 saturated heterocycles. The molecule has 0 aliphatic heterocycles. The van der Waals surface area contributed by atoms with Crippen LogP contribution in [0.5, 0.6) is 0 Å². The summed E-state index contributed by atoms with van der Waals surface area (Å²) in [4.78, 5) is 29.8. The Balaban J connectivity index is -0.000000160. The Kier molecular flexibility index (Phi) is 75.8. The van der Waals surface area contributed by atoms with E-state index in [-0.39, 0.29) is 46.4 Å². The van der Waals surface area contributed by atoms with E-state index in [4.69, 9.17) is 33.1 Å². The van der Waals surface area contributed by atoms with Crippen LogP contribution in [-0.4, -0.2) is 17.9 Å². The molecule has 0 spiro atoms. The minimum atomic E-state index is -1.08. The first-order valence-corrected chi connectivity index (χ1v) is 22.5. The summed E-state index contributed by atoms with van der Waals surface area (Å²) in [6, 6.07) is 0. The van der Waals surface area contributed by atoms with Gasteiger partial charge >= 0.3 is 33.6 Å². The van der Waals surface area contributed by atoms with Crippen molar-refractivity contribution >= 4 is 41.1 Å². The molecule has 0 saturated carbocycles.